The van der Waals surface area contributed by atoms with Crippen LogP contribution in [0.3, 0.4) is 0 Å². The quantitative estimate of drug-likeness (QED) is 0.709. The zero-order chi connectivity index (χ0) is 14.2. The van der Waals surface area contributed by atoms with E-state index in [0.29, 0.717) is 20.9 Å². The molecule has 102 valence electrons. The van der Waals surface area contributed by atoms with E-state index in [1.54, 1.807) is 18.3 Å². The zero-order valence-corrected chi connectivity index (χ0v) is 10.7. The van der Waals surface area contributed by atoms with E-state index in [1.165, 1.54) is 29.5 Å². The van der Waals surface area contributed by atoms with Crippen LogP contribution in [0.1, 0.15) is 0 Å². The molecule has 0 fully saturated rings. The molecule has 2 heterocycles. The van der Waals surface area contributed by atoms with Crippen molar-refractivity contribution in [3.63, 3.8) is 0 Å². The highest BCUT2D eigenvalue weighted by molar-refractivity contribution is 7.21. The van der Waals surface area contributed by atoms with Gasteiger partial charge in [0.1, 0.15) is 10.8 Å². The highest BCUT2D eigenvalue weighted by Gasteiger charge is 2.31. The molecule has 0 saturated carbocycles. The lowest BCUT2D eigenvalue weighted by Gasteiger charge is -2.07. The minimum Gasteiger partial charge on any atom is -0.406 e. The molecule has 0 bridgehead atoms. The smallest absolute Gasteiger partial charge is 0.406 e. The van der Waals surface area contributed by atoms with Crippen LogP contribution in [0.25, 0.3) is 20.9 Å². The Morgan fingerprint density at radius 1 is 1.10 bits per heavy atom. The first kappa shape index (κ1) is 12.9. The summed E-state index contributed by atoms with van der Waals surface area (Å²) < 4.78 is 41.0. The predicted octanol–water partition coefficient (Wildman–Crippen LogP) is 4.26. The summed E-state index contributed by atoms with van der Waals surface area (Å²) in [5, 5.41) is 0.657. The van der Waals surface area contributed by atoms with Crippen molar-refractivity contribution in [3.8, 4) is 16.5 Å². The Morgan fingerprint density at radius 3 is 2.65 bits per heavy atom. The molecule has 0 aliphatic carbocycles. The number of alkyl halides is 3. The molecule has 3 nitrogen and oxygen atoms in total. The molecule has 0 atom stereocenters. The summed E-state index contributed by atoms with van der Waals surface area (Å²) in [5.74, 6) is -0.249. The molecule has 7 heteroatoms. The summed E-state index contributed by atoms with van der Waals surface area (Å²) in [6.45, 7) is 0. The van der Waals surface area contributed by atoms with Crippen molar-refractivity contribution in [2.24, 2.45) is 0 Å². The van der Waals surface area contributed by atoms with Crippen LogP contribution in [0.5, 0.6) is 5.75 Å². The monoisotopic (exact) mass is 296 g/mol. The van der Waals surface area contributed by atoms with Gasteiger partial charge in [0.25, 0.3) is 0 Å². The molecular weight excluding hydrogens is 289 g/mol. The van der Waals surface area contributed by atoms with Gasteiger partial charge in [0, 0.05) is 6.20 Å². The van der Waals surface area contributed by atoms with E-state index in [4.69, 9.17) is 0 Å². The first-order chi connectivity index (χ1) is 9.51. The SMILES string of the molecule is FC(F)(F)Oc1ccc2nc(-c3ccccn3)sc2c1. The second kappa shape index (κ2) is 4.75. The molecule has 0 aliphatic rings. The second-order valence-electron chi connectivity index (χ2n) is 3.91. The number of pyridine rings is 1. The maximum atomic E-state index is 12.2. The van der Waals surface area contributed by atoms with Crippen LogP contribution in [-0.4, -0.2) is 16.3 Å². The standard InChI is InChI=1S/C13H7F3N2OS/c14-13(15,16)19-8-4-5-9-11(7-8)20-12(18-9)10-3-1-2-6-17-10/h1-7H. The van der Waals surface area contributed by atoms with Crippen LogP contribution in [-0.2, 0) is 0 Å². The van der Waals surface area contributed by atoms with Gasteiger partial charge in [-0.25, -0.2) is 4.98 Å². The van der Waals surface area contributed by atoms with Gasteiger partial charge in [0.15, 0.2) is 0 Å². The number of ether oxygens (including phenoxy) is 1. The Morgan fingerprint density at radius 2 is 1.95 bits per heavy atom. The molecule has 20 heavy (non-hydrogen) atoms. The van der Waals surface area contributed by atoms with Crippen LogP contribution in [0, 0.1) is 0 Å². The summed E-state index contributed by atoms with van der Waals surface area (Å²) in [6, 6.07) is 9.48. The minimum absolute atomic E-state index is 0.249. The van der Waals surface area contributed by atoms with Gasteiger partial charge in [-0.1, -0.05) is 6.07 Å². The van der Waals surface area contributed by atoms with Crippen LogP contribution < -0.4 is 4.74 Å². The number of rotatable bonds is 2. The number of hydrogen-bond donors (Lipinski definition) is 0. The van der Waals surface area contributed by atoms with Gasteiger partial charge in [-0.05, 0) is 30.3 Å². The van der Waals surface area contributed by atoms with E-state index >= 15 is 0 Å². The van der Waals surface area contributed by atoms with Crippen molar-refractivity contribution in [2.45, 2.75) is 6.36 Å². The summed E-state index contributed by atoms with van der Waals surface area (Å²) in [5.41, 5.74) is 1.30. The van der Waals surface area contributed by atoms with Crippen LogP contribution in [0.2, 0.25) is 0 Å². The zero-order valence-electron chi connectivity index (χ0n) is 9.89. The van der Waals surface area contributed by atoms with Crippen molar-refractivity contribution in [1.29, 1.82) is 0 Å². The largest absolute Gasteiger partial charge is 0.573 e. The van der Waals surface area contributed by atoms with Gasteiger partial charge in [0.2, 0.25) is 0 Å². The van der Waals surface area contributed by atoms with E-state index in [1.807, 2.05) is 6.07 Å². The normalized spacial score (nSPS) is 11.8. The lowest BCUT2D eigenvalue weighted by molar-refractivity contribution is -0.274. The van der Waals surface area contributed by atoms with Crippen molar-refractivity contribution < 1.29 is 17.9 Å². The molecule has 2 aromatic heterocycles. The van der Waals surface area contributed by atoms with Gasteiger partial charge in [-0.15, -0.1) is 24.5 Å². The Hall–Kier alpha value is -2.15. The van der Waals surface area contributed by atoms with Crippen molar-refractivity contribution in [1.82, 2.24) is 9.97 Å². The molecule has 0 saturated heterocycles. The van der Waals surface area contributed by atoms with Gasteiger partial charge < -0.3 is 4.74 Å². The van der Waals surface area contributed by atoms with Crippen LogP contribution in [0.15, 0.2) is 42.6 Å². The molecule has 1 aromatic carbocycles. The Labute approximate surface area is 115 Å². The highest BCUT2D eigenvalue weighted by Crippen LogP contribution is 2.32. The molecule has 0 spiro atoms. The molecule has 3 aromatic rings. The van der Waals surface area contributed by atoms with E-state index in [-0.39, 0.29) is 5.75 Å². The highest BCUT2D eigenvalue weighted by atomic mass is 32.1. The number of hydrogen-bond acceptors (Lipinski definition) is 4. The van der Waals surface area contributed by atoms with Crippen LogP contribution in [0.4, 0.5) is 13.2 Å². The molecule has 3 rings (SSSR count). The number of aromatic nitrogens is 2. The van der Waals surface area contributed by atoms with E-state index in [9.17, 15) is 13.2 Å². The fourth-order valence-electron chi connectivity index (χ4n) is 1.70. The van der Waals surface area contributed by atoms with Crippen molar-refractivity contribution in [2.75, 3.05) is 0 Å². The number of benzene rings is 1. The topological polar surface area (TPSA) is 35.0 Å². The number of thiazole rings is 1. The van der Waals surface area contributed by atoms with Crippen LogP contribution >= 0.6 is 11.3 Å². The van der Waals surface area contributed by atoms with E-state index < -0.39 is 6.36 Å². The van der Waals surface area contributed by atoms with Crippen molar-refractivity contribution >= 4 is 21.6 Å². The fraction of sp³-hybridized carbons (Fsp3) is 0.0769. The lowest BCUT2D eigenvalue weighted by Crippen LogP contribution is -2.16. The molecule has 0 unspecified atom stereocenters. The van der Waals surface area contributed by atoms with Gasteiger partial charge >= 0.3 is 6.36 Å². The maximum Gasteiger partial charge on any atom is 0.573 e. The predicted molar refractivity (Wildman–Crippen MR) is 69.5 cm³/mol. The first-order valence-corrected chi connectivity index (χ1v) is 6.41. The summed E-state index contributed by atoms with van der Waals surface area (Å²) in [6.07, 6.45) is -3.05. The average Bonchev–Trinajstić information content (AvgIpc) is 2.81. The summed E-state index contributed by atoms with van der Waals surface area (Å²) in [7, 11) is 0. The molecular formula is C13H7F3N2OS. The van der Waals surface area contributed by atoms with E-state index in [2.05, 4.69) is 14.7 Å². The molecule has 0 aliphatic heterocycles. The number of halogens is 3. The molecule has 0 N–H and O–H groups in total. The van der Waals surface area contributed by atoms with E-state index in [0.717, 1.165) is 0 Å². The third-order valence-electron chi connectivity index (χ3n) is 2.48. The fourth-order valence-corrected chi connectivity index (χ4v) is 2.67. The van der Waals surface area contributed by atoms with Crippen molar-refractivity contribution in [3.05, 3.63) is 42.6 Å². The van der Waals surface area contributed by atoms with Gasteiger partial charge in [0.05, 0.1) is 15.9 Å². The first-order valence-electron chi connectivity index (χ1n) is 5.59. The Kier molecular flexibility index (Phi) is 3.06. The lowest BCUT2D eigenvalue weighted by atomic mass is 10.3. The number of nitrogens with zero attached hydrogens (tertiary/aromatic N) is 2. The summed E-state index contributed by atoms with van der Waals surface area (Å²) in [4.78, 5) is 8.50. The van der Waals surface area contributed by atoms with Gasteiger partial charge in [-0.3, -0.25) is 4.98 Å². The Bertz CT molecular complexity index is 740. The minimum atomic E-state index is -4.69. The molecule has 0 radical (unpaired) electrons. The second-order valence-corrected chi connectivity index (χ2v) is 4.94. The molecule has 0 amide bonds. The summed E-state index contributed by atoms with van der Waals surface area (Å²) >= 11 is 1.27. The third-order valence-corrected chi connectivity index (χ3v) is 3.52. The third kappa shape index (κ3) is 2.72. The maximum absolute atomic E-state index is 12.2. The Balaban J connectivity index is 2.00. The average molecular weight is 296 g/mol. The van der Waals surface area contributed by atoms with Gasteiger partial charge in [-0.2, -0.15) is 0 Å². The number of fused-ring (bicyclic) bond motifs is 1.